The van der Waals surface area contributed by atoms with E-state index in [0.717, 1.165) is 12.1 Å². The van der Waals surface area contributed by atoms with E-state index in [2.05, 4.69) is 5.32 Å². The van der Waals surface area contributed by atoms with E-state index in [-0.39, 0.29) is 19.1 Å². The van der Waals surface area contributed by atoms with Crippen LogP contribution in [0.2, 0.25) is 0 Å². The van der Waals surface area contributed by atoms with Crippen LogP contribution in [0, 0.1) is 11.6 Å². The minimum Gasteiger partial charge on any atom is -0.493 e. The third-order valence-electron chi connectivity index (χ3n) is 3.16. The van der Waals surface area contributed by atoms with E-state index in [1.54, 1.807) is 24.3 Å². The van der Waals surface area contributed by atoms with Crippen molar-refractivity contribution in [2.24, 2.45) is 0 Å². The van der Waals surface area contributed by atoms with Crippen LogP contribution in [-0.4, -0.2) is 30.8 Å². The van der Waals surface area contributed by atoms with Crippen molar-refractivity contribution in [3.8, 4) is 5.75 Å². The van der Waals surface area contributed by atoms with E-state index in [1.165, 1.54) is 6.07 Å². The number of amides is 1. The predicted octanol–water partition coefficient (Wildman–Crippen LogP) is 2.31. The van der Waals surface area contributed by atoms with Gasteiger partial charge in [-0.05, 0) is 42.0 Å². The lowest BCUT2D eigenvalue weighted by molar-refractivity contribution is 0.0944. The fraction of sp³-hybridized carbons (Fsp3) is 0.235. The second kappa shape index (κ2) is 8.24. The van der Waals surface area contributed by atoms with Crippen LogP contribution in [0.3, 0.4) is 0 Å². The fourth-order valence-electron chi connectivity index (χ4n) is 1.96. The summed E-state index contributed by atoms with van der Waals surface area (Å²) in [5, 5.41) is 11.2. The Morgan fingerprint density at radius 1 is 1.09 bits per heavy atom. The van der Waals surface area contributed by atoms with Crippen molar-refractivity contribution in [1.82, 2.24) is 5.32 Å². The lowest BCUT2D eigenvalue weighted by atomic mass is 10.1. The van der Waals surface area contributed by atoms with Gasteiger partial charge in [-0.15, -0.1) is 0 Å². The van der Waals surface area contributed by atoms with Crippen LogP contribution in [0.5, 0.6) is 5.75 Å². The Bertz CT molecular complexity index is 659. The molecule has 1 amide bonds. The van der Waals surface area contributed by atoms with Crippen LogP contribution in [0.4, 0.5) is 8.78 Å². The Kier molecular flexibility index (Phi) is 6.05. The SMILES string of the molecule is O=C(NCCO)c1ccc(OCCc2ccc(F)c(F)c2)cc1. The topological polar surface area (TPSA) is 58.6 Å². The predicted molar refractivity (Wildman–Crippen MR) is 81.4 cm³/mol. The molecule has 122 valence electrons. The van der Waals surface area contributed by atoms with Crippen molar-refractivity contribution in [1.29, 1.82) is 0 Å². The number of rotatable bonds is 7. The zero-order valence-corrected chi connectivity index (χ0v) is 12.4. The molecule has 0 aromatic heterocycles. The molecule has 0 atom stereocenters. The van der Waals surface area contributed by atoms with Crippen LogP contribution in [-0.2, 0) is 6.42 Å². The minimum absolute atomic E-state index is 0.114. The Labute approximate surface area is 132 Å². The highest BCUT2D eigenvalue weighted by Gasteiger charge is 2.05. The highest BCUT2D eigenvalue weighted by molar-refractivity contribution is 5.94. The maximum Gasteiger partial charge on any atom is 0.251 e. The van der Waals surface area contributed by atoms with Gasteiger partial charge in [0.15, 0.2) is 11.6 Å². The molecule has 2 aromatic rings. The van der Waals surface area contributed by atoms with E-state index < -0.39 is 11.6 Å². The fourth-order valence-corrected chi connectivity index (χ4v) is 1.96. The van der Waals surface area contributed by atoms with Crippen LogP contribution in [0.25, 0.3) is 0 Å². The van der Waals surface area contributed by atoms with Crippen molar-refractivity contribution < 1.29 is 23.4 Å². The van der Waals surface area contributed by atoms with Crippen LogP contribution >= 0.6 is 0 Å². The highest BCUT2D eigenvalue weighted by atomic mass is 19.2. The minimum atomic E-state index is -0.874. The summed E-state index contributed by atoms with van der Waals surface area (Å²) in [6, 6.07) is 10.3. The molecule has 0 saturated heterocycles. The number of ether oxygens (including phenoxy) is 1. The van der Waals surface area contributed by atoms with Crippen LogP contribution in [0.15, 0.2) is 42.5 Å². The van der Waals surface area contributed by atoms with Gasteiger partial charge in [0, 0.05) is 18.5 Å². The number of hydrogen-bond acceptors (Lipinski definition) is 3. The molecule has 2 aromatic carbocycles. The van der Waals surface area contributed by atoms with E-state index in [4.69, 9.17) is 9.84 Å². The van der Waals surface area contributed by atoms with Gasteiger partial charge < -0.3 is 15.2 Å². The normalized spacial score (nSPS) is 10.4. The molecule has 0 aliphatic heterocycles. The summed E-state index contributed by atoms with van der Waals surface area (Å²) in [7, 11) is 0. The van der Waals surface area contributed by atoms with Crippen LogP contribution < -0.4 is 10.1 Å². The summed E-state index contributed by atoms with van der Waals surface area (Å²) in [6.07, 6.45) is 0.440. The smallest absolute Gasteiger partial charge is 0.251 e. The van der Waals surface area contributed by atoms with Gasteiger partial charge in [-0.1, -0.05) is 6.07 Å². The van der Waals surface area contributed by atoms with Crippen molar-refractivity contribution in [3.05, 3.63) is 65.2 Å². The molecule has 2 N–H and O–H groups in total. The summed E-state index contributed by atoms with van der Waals surface area (Å²) in [5.41, 5.74) is 1.11. The molecule has 0 unspecified atom stereocenters. The van der Waals surface area contributed by atoms with Crippen molar-refractivity contribution in [3.63, 3.8) is 0 Å². The third kappa shape index (κ3) is 5.03. The number of hydrogen-bond donors (Lipinski definition) is 2. The van der Waals surface area contributed by atoms with Gasteiger partial charge in [-0.25, -0.2) is 8.78 Å². The van der Waals surface area contributed by atoms with E-state index in [9.17, 15) is 13.6 Å². The zero-order chi connectivity index (χ0) is 16.7. The van der Waals surface area contributed by atoms with Gasteiger partial charge in [0.1, 0.15) is 5.75 Å². The Balaban J connectivity index is 1.84. The number of nitrogens with one attached hydrogen (secondary N) is 1. The second-order valence-electron chi connectivity index (χ2n) is 4.85. The largest absolute Gasteiger partial charge is 0.493 e. The van der Waals surface area contributed by atoms with E-state index in [0.29, 0.717) is 29.9 Å². The third-order valence-corrected chi connectivity index (χ3v) is 3.16. The van der Waals surface area contributed by atoms with Gasteiger partial charge in [0.25, 0.3) is 5.91 Å². The van der Waals surface area contributed by atoms with Crippen LogP contribution in [0.1, 0.15) is 15.9 Å². The average Bonchev–Trinajstić information content (AvgIpc) is 2.56. The summed E-state index contributed by atoms with van der Waals surface area (Å²) in [4.78, 5) is 11.6. The molecule has 23 heavy (non-hydrogen) atoms. The quantitative estimate of drug-likeness (QED) is 0.823. The van der Waals surface area contributed by atoms with Crippen molar-refractivity contribution in [2.45, 2.75) is 6.42 Å². The molecule has 6 heteroatoms. The molecule has 0 fully saturated rings. The summed E-state index contributed by atoms with van der Waals surface area (Å²) < 4.78 is 31.4. The molecule has 0 aliphatic rings. The number of halogens is 2. The molecule has 0 aliphatic carbocycles. The van der Waals surface area contributed by atoms with Gasteiger partial charge >= 0.3 is 0 Å². The van der Waals surface area contributed by atoms with Gasteiger partial charge in [0.05, 0.1) is 13.2 Å². The molecular weight excluding hydrogens is 304 g/mol. The molecule has 0 saturated carbocycles. The zero-order valence-electron chi connectivity index (χ0n) is 12.4. The molecule has 2 rings (SSSR count). The highest BCUT2D eigenvalue weighted by Crippen LogP contribution is 2.14. The first-order chi connectivity index (χ1) is 11.1. The van der Waals surface area contributed by atoms with Crippen molar-refractivity contribution >= 4 is 5.91 Å². The van der Waals surface area contributed by atoms with Gasteiger partial charge in [0.2, 0.25) is 0 Å². The molecule has 0 radical (unpaired) electrons. The summed E-state index contributed by atoms with van der Waals surface area (Å²) >= 11 is 0. The lowest BCUT2D eigenvalue weighted by Gasteiger charge is -2.08. The van der Waals surface area contributed by atoms with E-state index >= 15 is 0 Å². The first kappa shape index (κ1) is 16.9. The Morgan fingerprint density at radius 2 is 1.83 bits per heavy atom. The average molecular weight is 321 g/mol. The molecule has 4 nitrogen and oxygen atoms in total. The maximum atomic E-state index is 13.1. The van der Waals surface area contributed by atoms with Gasteiger partial charge in [-0.2, -0.15) is 0 Å². The van der Waals surface area contributed by atoms with E-state index in [1.807, 2.05) is 0 Å². The van der Waals surface area contributed by atoms with Crippen molar-refractivity contribution in [2.75, 3.05) is 19.8 Å². The number of benzene rings is 2. The number of aliphatic hydroxyl groups is 1. The molecule has 0 heterocycles. The standard InChI is InChI=1S/C17H17F2NO3/c18-15-6-1-12(11-16(15)19)7-10-23-14-4-2-13(3-5-14)17(22)20-8-9-21/h1-6,11,21H,7-10H2,(H,20,22). The summed E-state index contributed by atoms with van der Waals surface area (Å²) in [5.74, 6) is -1.44. The summed E-state index contributed by atoms with van der Waals surface area (Å²) in [6.45, 7) is 0.392. The van der Waals surface area contributed by atoms with Gasteiger partial charge in [-0.3, -0.25) is 4.79 Å². The monoisotopic (exact) mass is 321 g/mol. The second-order valence-corrected chi connectivity index (χ2v) is 4.85. The first-order valence-electron chi connectivity index (χ1n) is 7.16. The Morgan fingerprint density at radius 3 is 2.48 bits per heavy atom. The maximum absolute atomic E-state index is 13.1. The number of carbonyl (C=O) groups is 1. The number of aliphatic hydroxyl groups excluding tert-OH is 1. The molecular formula is C17H17F2NO3. The first-order valence-corrected chi connectivity index (χ1v) is 7.16. The Hall–Kier alpha value is -2.47. The number of carbonyl (C=O) groups excluding carboxylic acids is 1. The lowest BCUT2D eigenvalue weighted by Crippen LogP contribution is -2.26. The molecule has 0 spiro atoms. The molecule has 0 bridgehead atoms.